The van der Waals surface area contributed by atoms with Gasteiger partial charge in [0, 0.05) is 6.42 Å². The van der Waals surface area contributed by atoms with Crippen LogP contribution in [0.1, 0.15) is 43.8 Å². The van der Waals surface area contributed by atoms with E-state index in [4.69, 9.17) is 18.1 Å². The van der Waals surface area contributed by atoms with Gasteiger partial charge in [-0.2, -0.15) is 5.10 Å². The summed E-state index contributed by atoms with van der Waals surface area (Å²) < 4.78 is 48.1. The van der Waals surface area contributed by atoms with Crippen LogP contribution in [0.25, 0.3) is 0 Å². The van der Waals surface area contributed by atoms with Crippen molar-refractivity contribution in [1.82, 2.24) is 5.01 Å². The molecule has 2 rings (SSSR count). The SMILES string of the molecule is CCOP(=O)(OCC)C1=NN(C(=O)c2cccs2)C(P(=O)(OCC)OCC)C1. The Balaban J connectivity index is 2.48. The normalized spacial score (nSPS) is 17.8. The monoisotopic (exact) mass is 452 g/mol. The molecule has 0 aliphatic carbocycles. The molecule has 9 nitrogen and oxygen atoms in total. The van der Waals surface area contributed by atoms with Crippen molar-refractivity contribution < 1.29 is 32.0 Å². The van der Waals surface area contributed by atoms with Gasteiger partial charge in [0.25, 0.3) is 5.91 Å². The van der Waals surface area contributed by atoms with Gasteiger partial charge in [-0.3, -0.25) is 13.9 Å². The second-order valence-electron chi connectivity index (χ2n) is 5.54. The summed E-state index contributed by atoms with van der Waals surface area (Å²) in [6.45, 7) is 7.23. The number of nitrogens with zero attached hydrogens (tertiary/aromatic N) is 2. The lowest BCUT2D eigenvalue weighted by Gasteiger charge is -2.28. The van der Waals surface area contributed by atoms with Crippen molar-refractivity contribution in [3.05, 3.63) is 22.4 Å². The van der Waals surface area contributed by atoms with Gasteiger partial charge in [0.05, 0.1) is 31.3 Å². The van der Waals surface area contributed by atoms with E-state index in [1.807, 2.05) is 0 Å². The van der Waals surface area contributed by atoms with Gasteiger partial charge in [-0.15, -0.1) is 11.3 Å². The fraction of sp³-hybridized carbons (Fsp3) is 0.625. The van der Waals surface area contributed by atoms with Crippen molar-refractivity contribution in [1.29, 1.82) is 0 Å². The van der Waals surface area contributed by atoms with Crippen LogP contribution >= 0.6 is 26.5 Å². The molecule has 0 spiro atoms. The Kier molecular flexibility index (Phi) is 8.58. The van der Waals surface area contributed by atoms with Gasteiger partial charge < -0.3 is 18.1 Å². The number of hydrogen-bond donors (Lipinski definition) is 0. The van der Waals surface area contributed by atoms with E-state index in [2.05, 4.69) is 5.10 Å². The molecular formula is C16H26N2O7P2S. The smallest absolute Gasteiger partial charge is 0.307 e. The van der Waals surface area contributed by atoms with Crippen LogP contribution in [0.15, 0.2) is 22.6 Å². The third kappa shape index (κ3) is 5.00. The first-order valence-electron chi connectivity index (χ1n) is 9.08. The lowest BCUT2D eigenvalue weighted by Crippen LogP contribution is -2.33. The van der Waals surface area contributed by atoms with Crippen molar-refractivity contribution in [3.63, 3.8) is 0 Å². The third-order valence-electron chi connectivity index (χ3n) is 3.71. The molecular weight excluding hydrogens is 426 g/mol. The van der Waals surface area contributed by atoms with Gasteiger partial charge in [0.15, 0.2) is 11.2 Å². The Hall–Kier alpha value is -0.860. The van der Waals surface area contributed by atoms with E-state index in [-0.39, 0.29) is 38.3 Å². The zero-order chi connectivity index (χ0) is 20.8. The zero-order valence-electron chi connectivity index (χ0n) is 16.4. The molecule has 0 fully saturated rings. The van der Waals surface area contributed by atoms with Crippen LogP contribution in [0.3, 0.4) is 0 Å². The molecule has 1 unspecified atom stereocenters. The maximum absolute atomic E-state index is 13.4. The Labute approximate surface area is 169 Å². The minimum Gasteiger partial charge on any atom is -0.307 e. The van der Waals surface area contributed by atoms with Crippen molar-refractivity contribution in [2.45, 2.75) is 39.9 Å². The average Bonchev–Trinajstić information content (AvgIpc) is 3.32. The first-order chi connectivity index (χ1) is 13.3. The molecule has 0 saturated heterocycles. The predicted octanol–water partition coefficient (Wildman–Crippen LogP) is 4.77. The van der Waals surface area contributed by atoms with Gasteiger partial charge in [0.1, 0.15) is 0 Å². The molecule has 1 aliphatic rings. The summed E-state index contributed by atoms with van der Waals surface area (Å²) in [7, 11) is -7.50. The fourth-order valence-corrected chi connectivity index (χ4v) is 7.10. The average molecular weight is 452 g/mol. The molecule has 12 heteroatoms. The van der Waals surface area contributed by atoms with Crippen LogP contribution in [0, 0.1) is 0 Å². The number of carbonyl (C=O) groups excluding carboxylic acids is 1. The molecule has 1 aromatic rings. The van der Waals surface area contributed by atoms with Crippen molar-refractivity contribution >= 4 is 37.9 Å². The molecule has 0 bridgehead atoms. The fourth-order valence-electron chi connectivity index (χ4n) is 2.68. The van der Waals surface area contributed by atoms with Crippen LogP contribution in [-0.4, -0.2) is 48.6 Å². The number of amides is 1. The van der Waals surface area contributed by atoms with E-state index in [1.54, 1.807) is 45.2 Å². The maximum atomic E-state index is 13.4. The number of hydrogen-bond acceptors (Lipinski definition) is 9. The summed E-state index contributed by atoms with van der Waals surface area (Å²) in [6.07, 6.45) is -0.0916. The summed E-state index contributed by atoms with van der Waals surface area (Å²) in [5, 5.41) is 7.02. The quantitative estimate of drug-likeness (QED) is 0.446. The van der Waals surface area contributed by atoms with E-state index in [1.165, 1.54) is 11.3 Å². The zero-order valence-corrected chi connectivity index (χ0v) is 19.0. The Bertz CT molecular complexity index is 764. The molecule has 28 heavy (non-hydrogen) atoms. The minimum atomic E-state index is -3.76. The van der Waals surface area contributed by atoms with Crippen LogP contribution < -0.4 is 0 Å². The summed E-state index contributed by atoms with van der Waals surface area (Å²) >= 11 is 1.22. The highest BCUT2D eigenvalue weighted by molar-refractivity contribution is 7.72. The summed E-state index contributed by atoms with van der Waals surface area (Å²) in [5.74, 6) is -1.53. The van der Waals surface area contributed by atoms with E-state index in [9.17, 15) is 13.9 Å². The van der Waals surface area contributed by atoms with Crippen LogP contribution in [0.2, 0.25) is 0 Å². The van der Waals surface area contributed by atoms with Gasteiger partial charge >= 0.3 is 15.2 Å². The van der Waals surface area contributed by atoms with Crippen LogP contribution in [0.4, 0.5) is 0 Å². The largest absolute Gasteiger partial charge is 0.377 e. The molecule has 0 radical (unpaired) electrons. The molecule has 158 valence electrons. The number of carbonyl (C=O) groups is 1. The molecule has 1 atom stereocenters. The van der Waals surface area contributed by atoms with Gasteiger partial charge in [-0.05, 0) is 39.1 Å². The second kappa shape index (κ2) is 10.3. The molecule has 1 amide bonds. The van der Waals surface area contributed by atoms with Crippen LogP contribution in [0.5, 0.6) is 0 Å². The number of hydrazone groups is 1. The highest BCUT2D eigenvalue weighted by Crippen LogP contribution is 2.61. The molecule has 1 aliphatic heterocycles. The van der Waals surface area contributed by atoms with Gasteiger partial charge in [0.2, 0.25) is 0 Å². The maximum Gasteiger partial charge on any atom is 0.377 e. The van der Waals surface area contributed by atoms with Crippen LogP contribution in [-0.2, 0) is 27.2 Å². The number of rotatable bonds is 11. The molecule has 2 heterocycles. The highest BCUT2D eigenvalue weighted by atomic mass is 32.1. The standard InChI is InChI=1S/C16H26N2O7P2S/c1-5-22-26(20,23-6-2)14-12-15(27(21,24-7-3)25-8-4)18(17-14)16(19)13-10-9-11-28-13/h9-11,15H,5-8,12H2,1-4H3. The van der Waals surface area contributed by atoms with Crippen molar-refractivity contribution in [2.75, 3.05) is 26.4 Å². The second-order valence-corrected chi connectivity index (χ2v) is 10.7. The minimum absolute atomic E-state index is 0.0331. The Morgan fingerprint density at radius 3 is 2.14 bits per heavy atom. The van der Waals surface area contributed by atoms with E-state index < -0.39 is 26.9 Å². The molecule has 0 N–H and O–H groups in total. The summed E-state index contributed by atoms with van der Waals surface area (Å²) in [5.41, 5.74) is 0.0331. The summed E-state index contributed by atoms with van der Waals surface area (Å²) in [4.78, 5) is 13.4. The Morgan fingerprint density at radius 2 is 1.68 bits per heavy atom. The van der Waals surface area contributed by atoms with E-state index in [0.717, 1.165) is 5.01 Å². The van der Waals surface area contributed by atoms with Crippen molar-refractivity contribution in [2.24, 2.45) is 5.10 Å². The molecule has 0 aromatic carbocycles. The first kappa shape index (κ1) is 23.4. The van der Waals surface area contributed by atoms with E-state index in [0.29, 0.717) is 4.88 Å². The topological polar surface area (TPSA) is 104 Å². The highest BCUT2D eigenvalue weighted by Gasteiger charge is 2.51. The van der Waals surface area contributed by atoms with Gasteiger partial charge in [-0.1, -0.05) is 6.07 Å². The Morgan fingerprint density at radius 1 is 1.11 bits per heavy atom. The molecule has 0 saturated carbocycles. The number of thiophene rings is 1. The first-order valence-corrected chi connectivity index (χ1v) is 13.1. The van der Waals surface area contributed by atoms with E-state index >= 15 is 0 Å². The predicted molar refractivity (Wildman–Crippen MR) is 108 cm³/mol. The summed E-state index contributed by atoms with van der Waals surface area (Å²) in [6, 6.07) is 3.36. The lowest BCUT2D eigenvalue weighted by molar-refractivity contribution is 0.0730. The van der Waals surface area contributed by atoms with Gasteiger partial charge in [-0.25, -0.2) is 5.01 Å². The lowest BCUT2D eigenvalue weighted by atomic mass is 10.4. The third-order valence-corrected chi connectivity index (χ3v) is 9.03. The molecule has 1 aromatic heterocycles. The van der Waals surface area contributed by atoms with Crippen molar-refractivity contribution in [3.8, 4) is 0 Å².